The summed E-state index contributed by atoms with van der Waals surface area (Å²) in [7, 11) is -4.72. The smallest absolute Gasteiger partial charge is 0.472 e. The Hall–Kier alpha value is -2.56. The second kappa shape index (κ2) is 35.5. The summed E-state index contributed by atoms with van der Waals surface area (Å²) in [6.07, 6.45) is 37.5. The zero-order chi connectivity index (χ0) is 38.5. The Balaban J connectivity index is 4.47. The number of carbonyl (C=O) groups excluding carboxylic acids is 2. The van der Waals surface area contributed by atoms with Crippen molar-refractivity contribution in [2.75, 3.05) is 19.8 Å². The van der Waals surface area contributed by atoms with Crippen molar-refractivity contribution < 1.29 is 47.5 Å². The number of hydrogen-bond donors (Lipinski definition) is 3. The molecule has 4 N–H and O–H groups in total. The van der Waals surface area contributed by atoms with Gasteiger partial charge in [0.05, 0.1) is 13.2 Å². The molecular weight excluding hydrogens is 685 g/mol. The van der Waals surface area contributed by atoms with Gasteiger partial charge in [-0.15, -0.1) is 0 Å². The van der Waals surface area contributed by atoms with E-state index < -0.39 is 51.1 Å². The zero-order valence-corrected chi connectivity index (χ0v) is 33.0. The summed E-state index contributed by atoms with van der Waals surface area (Å²) in [5, 5.41) is 8.86. The Bertz CT molecular complexity index is 1070. The fraction of sp³-hybridized carbons (Fsp3) is 0.725. The monoisotopic (exact) mass is 755 g/mol. The van der Waals surface area contributed by atoms with Crippen LogP contribution >= 0.6 is 7.82 Å². The summed E-state index contributed by atoms with van der Waals surface area (Å²) >= 11 is 0. The molecule has 300 valence electrons. The summed E-state index contributed by atoms with van der Waals surface area (Å²) in [5.41, 5.74) is 5.32. The average Bonchev–Trinajstić information content (AvgIpc) is 3.12. The van der Waals surface area contributed by atoms with Gasteiger partial charge in [-0.05, 0) is 70.6 Å². The van der Waals surface area contributed by atoms with Crippen molar-refractivity contribution in [1.82, 2.24) is 0 Å². The van der Waals surface area contributed by atoms with E-state index in [0.717, 1.165) is 89.9 Å². The van der Waals surface area contributed by atoms with Crippen molar-refractivity contribution in [2.24, 2.45) is 5.73 Å². The predicted octanol–water partition coefficient (Wildman–Crippen LogP) is 9.83. The topological polar surface area (TPSA) is 172 Å². The Morgan fingerprint density at radius 3 is 1.63 bits per heavy atom. The molecule has 3 atom stereocenters. The van der Waals surface area contributed by atoms with Crippen molar-refractivity contribution in [1.29, 1.82) is 0 Å². The highest BCUT2D eigenvalue weighted by molar-refractivity contribution is 7.47. The maximum atomic E-state index is 12.6. The van der Waals surface area contributed by atoms with Crippen LogP contribution in [0.2, 0.25) is 0 Å². The predicted molar refractivity (Wildman–Crippen MR) is 208 cm³/mol. The van der Waals surface area contributed by atoms with E-state index in [1.807, 2.05) is 0 Å². The number of esters is 2. The minimum atomic E-state index is -4.72. The Kier molecular flexibility index (Phi) is 33.7. The summed E-state index contributed by atoms with van der Waals surface area (Å²) in [5.74, 6) is -2.42. The van der Waals surface area contributed by atoms with Gasteiger partial charge in [0.15, 0.2) is 6.10 Å². The average molecular weight is 756 g/mol. The number of phosphoric acid groups is 1. The quantitative estimate of drug-likeness (QED) is 0.0241. The molecule has 0 aliphatic rings. The van der Waals surface area contributed by atoms with E-state index in [-0.39, 0.29) is 19.4 Å². The first-order valence-electron chi connectivity index (χ1n) is 19.7. The molecule has 0 amide bonds. The molecule has 0 heterocycles. The first kappa shape index (κ1) is 49.4. The van der Waals surface area contributed by atoms with Gasteiger partial charge in [0.2, 0.25) is 0 Å². The van der Waals surface area contributed by atoms with Crippen LogP contribution in [0.25, 0.3) is 0 Å². The maximum Gasteiger partial charge on any atom is 0.472 e. The Morgan fingerprint density at radius 2 is 1.08 bits per heavy atom. The van der Waals surface area contributed by atoms with Crippen LogP contribution in [0.15, 0.2) is 48.6 Å². The molecule has 12 heteroatoms. The summed E-state index contributed by atoms with van der Waals surface area (Å²) in [6.45, 7) is 2.62. The van der Waals surface area contributed by atoms with E-state index in [2.05, 4.69) is 67.0 Å². The molecular formula is C40H70NO10P. The SMILES string of the molecule is CC/C=C/C/C=C/C/C=C/CCCCCCCC(=O)OC[C@H](COP(=O)(O)OC[C@H](N)C(=O)O)OC(=O)CCCCCCC/C=C/CCCCCC. The number of unbranched alkanes of at least 4 members (excludes halogenated alkanes) is 14. The molecule has 0 bridgehead atoms. The van der Waals surface area contributed by atoms with Gasteiger partial charge in [-0.25, -0.2) is 4.57 Å². The highest BCUT2D eigenvalue weighted by Crippen LogP contribution is 2.43. The van der Waals surface area contributed by atoms with Crippen LogP contribution in [0, 0.1) is 0 Å². The van der Waals surface area contributed by atoms with Crippen molar-refractivity contribution in [3.05, 3.63) is 48.6 Å². The van der Waals surface area contributed by atoms with E-state index in [4.69, 9.17) is 24.8 Å². The van der Waals surface area contributed by atoms with Crippen molar-refractivity contribution in [3.63, 3.8) is 0 Å². The molecule has 0 spiro atoms. The van der Waals surface area contributed by atoms with Crippen molar-refractivity contribution >= 4 is 25.7 Å². The second-order valence-electron chi connectivity index (χ2n) is 13.0. The summed E-state index contributed by atoms with van der Waals surface area (Å²) in [6, 6.07) is -1.53. The van der Waals surface area contributed by atoms with E-state index in [0.29, 0.717) is 12.8 Å². The minimum Gasteiger partial charge on any atom is -0.480 e. The molecule has 0 aliphatic heterocycles. The van der Waals surface area contributed by atoms with E-state index in [1.165, 1.54) is 25.7 Å². The number of carboxylic acids is 1. The van der Waals surface area contributed by atoms with E-state index in [1.54, 1.807) is 0 Å². The zero-order valence-electron chi connectivity index (χ0n) is 32.1. The lowest BCUT2D eigenvalue weighted by Gasteiger charge is -2.20. The molecule has 0 aromatic rings. The van der Waals surface area contributed by atoms with Gasteiger partial charge >= 0.3 is 25.7 Å². The highest BCUT2D eigenvalue weighted by atomic mass is 31.2. The molecule has 1 unspecified atom stereocenters. The van der Waals surface area contributed by atoms with Crippen molar-refractivity contribution in [2.45, 2.75) is 167 Å². The Labute approximate surface area is 314 Å². The minimum absolute atomic E-state index is 0.145. The van der Waals surface area contributed by atoms with Crippen molar-refractivity contribution in [3.8, 4) is 0 Å². The molecule has 0 saturated carbocycles. The molecule has 0 aromatic carbocycles. The standard InChI is InChI=1S/C40H70NO10P/c1-3-5-7-9-11-13-15-17-18-20-21-23-25-27-29-31-38(42)48-33-36(34-49-52(46,47)50-35-37(41)40(44)45)51-39(43)32-30-28-26-24-22-19-16-14-12-10-8-6-4-2/h5,7,11,13-14,16-18,36-37H,3-4,6,8-10,12,15,19-35,41H2,1-2H3,(H,44,45)(H,46,47)/b7-5+,13-11+,16-14+,18-17+/t36-,37+/m1/s1. The molecule has 52 heavy (non-hydrogen) atoms. The number of rotatable bonds is 36. The van der Waals surface area contributed by atoms with E-state index in [9.17, 15) is 23.8 Å². The third-order valence-corrected chi connectivity index (χ3v) is 9.01. The van der Waals surface area contributed by atoms with Gasteiger partial charge in [-0.1, -0.05) is 120 Å². The molecule has 0 rings (SSSR count). The lowest BCUT2D eigenvalue weighted by atomic mass is 10.1. The molecule has 0 aliphatic carbocycles. The van der Waals surface area contributed by atoms with Crippen LogP contribution in [0.3, 0.4) is 0 Å². The molecule has 0 saturated heterocycles. The first-order chi connectivity index (χ1) is 25.1. The van der Waals surface area contributed by atoms with Crippen LogP contribution in [-0.4, -0.2) is 59.9 Å². The molecule has 0 fully saturated rings. The van der Waals surface area contributed by atoms with Gasteiger partial charge in [-0.2, -0.15) is 0 Å². The summed E-state index contributed by atoms with van der Waals surface area (Å²) < 4.78 is 32.6. The molecule has 11 nitrogen and oxygen atoms in total. The van der Waals surface area contributed by atoms with Gasteiger partial charge < -0.3 is 25.2 Å². The number of phosphoric ester groups is 1. The number of nitrogens with two attached hydrogens (primary N) is 1. The summed E-state index contributed by atoms with van der Waals surface area (Å²) in [4.78, 5) is 45.8. The number of hydrogen-bond acceptors (Lipinski definition) is 9. The lowest BCUT2D eigenvalue weighted by molar-refractivity contribution is -0.161. The maximum absolute atomic E-state index is 12.6. The first-order valence-corrected chi connectivity index (χ1v) is 21.2. The van der Waals surface area contributed by atoms with Gasteiger partial charge in [0.1, 0.15) is 12.6 Å². The Morgan fingerprint density at radius 1 is 0.615 bits per heavy atom. The molecule has 0 radical (unpaired) electrons. The van der Waals surface area contributed by atoms with Crippen LogP contribution in [0.5, 0.6) is 0 Å². The van der Waals surface area contributed by atoms with Gasteiger partial charge in [-0.3, -0.25) is 23.4 Å². The largest absolute Gasteiger partial charge is 0.480 e. The van der Waals surface area contributed by atoms with Gasteiger partial charge in [0.25, 0.3) is 0 Å². The third kappa shape index (κ3) is 34.5. The van der Waals surface area contributed by atoms with Gasteiger partial charge in [0, 0.05) is 12.8 Å². The number of carboxylic acid groups (broad SMARTS) is 1. The number of aliphatic carboxylic acids is 1. The van der Waals surface area contributed by atoms with Crippen LogP contribution in [-0.2, 0) is 37.5 Å². The van der Waals surface area contributed by atoms with Crippen LogP contribution in [0.4, 0.5) is 0 Å². The second-order valence-corrected chi connectivity index (χ2v) is 14.5. The van der Waals surface area contributed by atoms with E-state index >= 15 is 0 Å². The van der Waals surface area contributed by atoms with Crippen LogP contribution < -0.4 is 5.73 Å². The molecule has 0 aromatic heterocycles. The third-order valence-electron chi connectivity index (χ3n) is 8.06. The number of allylic oxidation sites excluding steroid dienone is 8. The van der Waals surface area contributed by atoms with Crippen LogP contribution in [0.1, 0.15) is 155 Å². The fourth-order valence-electron chi connectivity index (χ4n) is 4.95. The highest BCUT2D eigenvalue weighted by Gasteiger charge is 2.28. The number of ether oxygens (including phenoxy) is 2. The number of carbonyl (C=O) groups is 3. The normalized spacial score (nSPS) is 14.4. The fourth-order valence-corrected chi connectivity index (χ4v) is 5.73. The lowest BCUT2D eigenvalue weighted by Crippen LogP contribution is -2.34.